The first kappa shape index (κ1) is 15.2. The molecule has 1 fully saturated rings. The molecule has 1 unspecified atom stereocenters. The summed E-state index contributed by atoms with van der Waals surface area (Å²) in [6.07, 6.45) is 0.884. The van der Waals surface area contributed by atoms with Crippen LogP contribution in [0.5, 0.6) is 0 Å². The molecule has 2 rings (SSSR count). The third kappa shape index (κ3) is 3.30. The van der Waals surface area contributed by atoms with E-state index in [-0.39, 0.29) is 17.7 Å². The number of rotatable bonds is 5. The lowest BCUT2D eigenvalue weighted by molar-refractivity contribution is -0.384. The maximum absolute atomic E-state index is 12.4. The van der Waals surface area contributed by atoms with Crippen LogP contribution < -0.4 is 5.32 Å². The number of hydrogen-bond acceptors (Lipinski definition) is 5. The molecule has 1 aromatic rings. The number of amides is 1. The van der Waals surface area contributed by atoms with E-state index in [0.717, 1.165) is 6.42 Å². The highest BCUT2D eigenvalue weighted by Crippen LogP contribution is 2.26. The molecule has 1 aliphatic heterocycles. The summed E-state index contributed by atoms with van der Waals surface area (Å²) in [6, 6.07) is 4.42. The molecule has 1 N–H and O–H groups in total. The van der Waals surface area contributed by atoms with Crippen molar-refractivity contribution in [1.82, 2.24) is 4.90 Å². The maximum Gasteiger partial charge on any atom is 0.292 e. The second-order valence-corrected chi connectivity index (χ2v) is 4.92. The Kier molecular flexibility index (Phi) is 4.74. The molecule has 0 aliphatic carbocycles. The minimum absolute atomic E-state index is 0.0235. The zero-order valence-electron chi connectivity index (χ0n) is 12.2. The number of methoxy groups -OCH3 is 1. The SMILES string of the molecule is CCNc1cc(C(=O)N2CCC(OC)C2)ccc1[N+](=O)[O-]. The summed E-state index contributed by atoms with van der Waals surface area (Å²) in [5.41, 5.74) is 0.800. The Hall–Kier alpha value is -2.15. The number of anilines is 1. The van der Waals surface area contributed by atoms with Crippen LogP contribution >= 0.6 is 0 Å². The zero-order chi connectivity index (χ0) is 15.4. The smallest absolute Gasteiger partial charge is 0.292 e. The number of carbonyl (C=O) groups excluding carboxylic acids is 1. The average Bonchev–Trinajstić information content (AvgIpc) is 2.95. The van der Waals surface area contributed by atoms with Crippen molar-refractivity contribution in [2.45, 2.75) is 19.4 Å². The molecule has 0 aromatic heterocycles. The Labute approximate surface area is 123 Å². The third-order valence-electron chi connectivity index (χ3n) is 3.57. The quantitative estimate of drug-likeness (QED) is 0.662. The van der Waals surface area contributed by atoms with Crippen LogP contribution in [-0.4, -0.2) is 48.6 Å². The lowest BCUT2D eigenvalue weighted by atomic mass is 10.1. The fourth-order valence-electron chi connectivity index (χ4n) is 2.45. The van der Waals surface area contributed by atoms with Gasteiger partial charge in [-0.3, -0.25) is 14.9 Å². The molecule has 1 heterocycles. The average molecular weight is 293 g/mol. The molecule has 0 saturated carbocycles. The zero-order valence-corrected chi connectivity index (χ0v) is 12.2. The summed E-state index contributed by atoms with van der Waals surface area (Å²) < 4.78 is 5.24. The van der Waals surface area contributed by atoms with Gasteiger partial charge < -0.3 is 15.0 Å². The van der Waals surface area contributed by atoms with Gasteiger partial charge in [-0.25, -0.2) is 0 Å². The highest BCUT2D eigenvalue weighted by Gasteiger charge is 2.27. The number of benzene rings is 1. The molecule has 114 valence electrons. The summed E-state index contributed by atoms with van der Waals surface area (Å²) in [7, 11) is 1.63. The molecule has 1 aromatic carbocycles. The summed E-state index contributed by atoms with van der Waals surface area (Å²) in [6.45, 7) is 3.60. The largest absolute Gasteiger partial charge is 0.380 e. The fraction of sp³-hybridized carbons (Fsp3) is 0.500. The van der Waals surface area contributed by atoms with Crippen LogP contribution in [0, 0.1) is 10.1 Å². The van der Waals surface area contributed by atoms with Gasteiger partial charge in [-0.15, -0.1) is 0 Å². The summed E-state index contributed by atoms with van der Waals surface area (Å²) in [4.78, 5) is 24.6. The number of carbonyl (C=O) groups is 1. The van der Waals surface area contributed by atoms with Crippen LogP contribution in [0.25, 0.3) is 0 Å². The number of nitro benzene ring substituents is 1. The lowest BCUT2D eigenvalue weighted by Gasteiger charge is -2.16. The van der Waals surface area contributed by atoms with Crippen LogP contribution in [-0.2, 0) is 4.74 Å². The van der Waals surface area contributed by atoms with Gasteiger partial charge in [0.25, 0.3) is 11.6 Å². The van der Waals surface area contributed by atoms with Crippen molar-refractivity contribution < 1.29 is 14.5 Å². The van der Waals surface area contributed by atoms with Crippen LogP contribution in [0.4, 0.5) is 11.4 Å². The molecular formula is C14H19N3O4. The van der Waals surface area contributed by atoms with Crippen molar-refractivity contribution in [3.8, 4) is 0 Å². The van der Waals surface area contributed by atoms with Gasteiger partial charge in [-0.1, -0.05) is 0 Å². The Morgan fingerprint density at radius 3 is 2.90 bits per heavy atom. The Balaban J connectivity index is 2.22. The Bertz CT molecular complexity index is 547. The number of nitrogens with zero attached hydrogens (tertiary/aromatic N) is 2. The van der Waals surface area contributed by atoms with Crippen LogP contribution in [0.2, 0.25) is 0 Å². The topological polar surface area (TPSA) is 84.7 Å². The summed E-state index contributed by atoms with van der Waals surface area (Å²) >= 11 is 0. The molecule has 1 amide bonds. The van der Waals surface area contributed by atoms with E-state index in [2.05, 4.69) is 5.32 Å². The van der Waals surface area contributed by atoms with E-state index < -0.39 is 4.92 Å². The Morgan fingerprint density at radius 2 is 2.33 bits per heavy atom. The van der Waals surface area contributed by atoms with E-state index in [1.807, 2.05) is 6.92 Å². The van der Waals surface area contributed by atoms with Gasteiger partial charge in [0.05, 0.1) is 11.0 Å². The van der Waals surface area contributed by atoms with Gasteiger partial charge in [-0.2, -0.15) is 0 Å². The molecule has 0 radical (unpaired) electrons. The first-order chi connectivity index (χ1) is 10.1. The van der Waals surface area contributed by atoms with E-state index in [9.17, 15) is 14.9 Å². The molecule has 1 aliphatic rings. The fourth-order valence-corrected chi connectivity index (χ4v) is 2.45. The summed E-state index contributed by atoms with van der Waals surface area (Å²) in [5.74, 6) is -0.122. The first-order valence-corrected chi connectivity index (χ1v) is 6.91. The molecule has 1 saturated heterocycles. The highest BCUT2D eigenvalue weighted by atomic mass is 16.6. The molecular weight excluding hydrogens is 274 g/mol. The molecule has 21 heavy (non-hydrogen) atoms. The number of nitrogens with one attached hydrogen (secondary N) is 1. The van der Waals surface area contributed by atoms with Crippen LogP contribution in [0.15, 0.2) is 18.2 Å². The van der Waals surface area contributed by atoms with E-state index in [1.54, 1.807) is 18.1 Å². The maximum atomic E-state index is 12.4. The normalized spacial score (nSPS) is 17.8. The number of hydrogen-bond donors (Lipinski definition) is 1. The monoisotopic (exact) mass is 293 g/mol. The minimum atomic E-state index is -0.455. The van der Waals surface area contributed by atoms with E-state index in [4.69, 9.17) is 4.74 Å². The number of ether oxygens (including phenoxy) is 1. The number of nitro groups is 1. The van der Waals surface area contributed by atoms with Crippen molar-refractivity contribution in [3.05, 3.63) is 33.9 Å². The molecule has 0 bridgehead atoms. The lowest BCUT2D eigenvalue weighted by Crippen LogP contribution is -2.30. The summed E-state index contributed by atoms with van der Waals surface area (Å²) in [5, 5.41) is 13.9. The van der Waals surface area contributed by atoms with Gasteiger partial charge in [0.2, 0.25) is 0 Å². The third-order valence-corrected chi connectivity index (χ3v) is 3.57. The van der Waals surface area contributed by atoms with Crippen molar-refractivity contribution in [3.63, 3.8) is 0 Å². The van der Waals surface area contributed by atoms with Crippen LogP contribution in [0.3, 0.4) is 0 Å². The van der Waals surface area contributed by atoms with Crippen molar-refractivity contribution in [2.24, 2.45) is 0 Å². The predicted molar refractivity (Wildman–Crippen MR) is 78.6 cm³/mol. The van der Waals surface area contributed by atoms with Crippen molar-refractivity contribution in [2.75, 3.05) is 32.1 Å². The molecule has 7 nitrogen and oxygen atoms in total. The second kappa shape index (κ2) is 6.53. The first-order valence-electron chi connectivity index (χ1n) is 6.91. The van der Waals surface area contributed by atoms with Crippen molar-refractivity contribution in [1.29, 1.82) is 0 Å². The second-order valence-electron chi connectivity index (χ2n) is 4.92. The Morgan fingerprint density at radius 1 is 1.57 bits per heavy atom. The van der Waals surface area contributed by atoms with E-state index in [0.29, 0.717) is 30.9 Å². The van der Waals surface area contributed by atoms with Crippen LogP contribution in [0.1, 0.15) is 23.7 Å². The predicted octanol–water partition coefficient (Wildman–Crippen LogP) is 1.89. The number of likely N-dealkylation sites (tertiary alicyclic amines) is 1. The minimum Gasteiger partial charge on any atom is -0.380 e. The van der Waals surface area contributed by atoms with Gasteiger partial charge in [0.15, 0.2) is 0 Å². The standard InChI is InChI=1S/C14H19N3O4/c1-3-15-12-8-10(4-5-13(12)17(19)20)14(18)16-7-6-11(9-16)21-2/h4-5,8,11,15H,3,6-7,9H2,1-2H3. The van der Waals surface area contributed by atoms with E-state index in [1.165, 1.54) is 12.1 Å². The van der Waals surface area contributed by atoms with Gasteiger partial charge in [-0.05, 0) is 25.5 Å². The van der Waals surface area contributed by atoms with E-state index >= 15 is 0 Å². The highest BCUT2D eigenvalue weighted by molar-refractivity contribution is 5.96. The molecule has 7 heteroatoms. The molecule has 0 spiro atoms. The molecule has 1 atom stereocenters. The van der Waals surface area contributed by atoms with Gasteiger partial charge >= 0.3 is 0 Å². The van der Waals surface area contributed by atoms with Gasteiger partial charge in [0, 0.05) is 38.4 Å². The van der Waals surface area contributed by atoms with Crippen molar-refractivity contribution >= 4 is 17.3 Å². The van der Waals surface area contributed by atoms with Gasteiger partial charge in [0.1, 0.15) is 5.69 Å².